The Bertz CT molecular complexity index is 345. The molecule has 1 unspecified atom stereocenters. The van der Waals surface area contributed by atoms with Gasteiger partial charge in [0, 0.05) is 13.2 Å². The molecule has 1 rings (SSSR count). The van der Waals surface area contributed by atoms with E-state index in [-0.39, 0.29) is 6.61 Å². The number of nitrogens with one attached hydrogen (secondary N) is 1. The Morgan fingerprint density at radius 3 is 2.88 bits per heavy atom. The summed E-state index contributed by atoms with van der Waals surface area (Å²) in [6.45, 7) is 5.06. The van der Waals surface area contributed by atoms with E-state index in [1.807, 2.05) is 13.8 Å². The van der Waals surface area contributed by atoms with E-state index in [0.717, 1.165) is 30.8 Å². The van der Waals surface area contributed by atoms with Crippen LogP contribution in [0, 0.1) is 12.8 Å². The maximum atomic E-state index is 8.91. The topological polar surface area (TPSA) is 67.3 Å². The van der Waals surface area contributed by atoms with Crippen LogP contribution in [0.1, 0.15) is 25.3 Å². The molecule has 0 saturated heterocycles. The van der Waals surface area contributed by atoms with Crippen LogP contribution in [0.15, 0.2) is 6.33 Å². The van der Waals surface area contributed by atoms with Gasteiger partial charge in [-0.2, -0.15) is 0 Å². The van der Waals surface area contributed by atoms with Crippen molar-refractivity contribution in [1.82, 2.24) is 9.97 Å². The van der Waals surface area contributed by atoms with Gasteiger partial charge in [-0.05, 0) is 25.7 Å². The fourth-order valence-electron chi connectivity index (χ4n) is 1.57. The van der Waals surface area contributed by atoms with Crippen molar-refractivity contribution in [1.29, 1.82) is 0 Å². The zero-order valence-electron chi connectivity index (χ0n) is 10.7. The summed E-state index contributed by atoms with van der Waals surface area (Å²) in [6, 6.07) is 0. The third-order valence-electron chi connectivity index (χ3n) is 2.71. The fourth-order valence-corrected chi connectivity index (χ4v) is 1.57. The molecule has 0 aliphatic carbocycles. The van der Waals surface area contributed by atoms with Crippen molar-refractivity contribution < 1.29 is 9.84 Å². The number of aliphatic hydroxyl groups excluding tert-OH is 1. The molecule has 2 N–H and O–H groups in total. The molecular formula is C12H21N3O2. The molecule has 96 valence electrons. The van der Waals surface area contributed by atoms with Gasteiger partial charge in [-0.3, -0.25) is 0 Å². The summed E-state index contributed by atoms with van der Waals surface area (Å²) in [6.07, 6.45) is 3.50. The van der Waals surface area contributed by atoms with Gasteiger partial charge < -0.3 is 15.2 Å². The molecule has 17 heavy (non-hydrogen) atoms. The minimum atomic E-state index is 0.250. The van der Waals surface area contributed by atoms with E-state index in [1.165, 1.54) is 6.33 Å². The summed E-state index contributed by atoms with van der Waals surface area (Å²) >= 11 is 0. The Morgan fingerprint density at radius 2 is 2.24 bits per heavy atom. The van der Waals surface area contributed by atoms with Gasteiger partial charge in [-0.15, -0.1) is 0 Å². The van der Waals surface area contributed by atoms with Crippen molar-refractivity contribution in [2.24, 2.45) is 5.92 Å². The minimum Gasteiger partial charge on any atom is -0.481 e. The quantitative estimate of drug-likeness (QED) is 0.708. The first-order valence-electron chi connectivity index (χ1n) is 5.89. The van der Waals surface area contributed by atoms with Crippen molar-refractivity contribution in [3.63, 3.8) is 0 Å². The molecule has 0 amide bonds. The lowest BCUT2D eigenvalue weighted by Crippen LogP contribution is -2.09. The fraction of sp³-hybridized carbons (Fsp3) is 0.667. The van der Waals surface area contributed by atoms with Gasteiger partial charge >= 0.3 is 0 Å². The molecule has 0 aliphatic heterocycles. The molecule has 0 aromatic carbocycles. The summed E-state index contributed by atoms with van der Waals surface area (Å²) in [5, 5.41) is 12.2. The van der Waals surface area contributed by atoms with Crippen molar-refractivity contribution in [3.05, 3.63) is 11.9 Å². The Hall–Kier alpha value is -1.36. The third kappa shape index (κ3) is 4.19. The molecule has 0 fully saturated rings. The summed E-state index contributed by atoms with van der Waals surface area (Å²) in [5.74, 6) is 1.78. The largest absolute Gasteiger partial charge is 0.481 e. The van der Waals surface area contributed by atoms with Crippen LogP contribution in [0.5, 0.6) is 5.88 Å². The SMILES string of the molecule is COc1ncnc(NCCCC(C)CO)c1C. The zero-order chi connectivity index (χ0) is 12.7. The number of hydrogen-bond acceptors (Lipinski definition) is 5. The standard InChI is InChI=1S/C12H21N3O2/c1-9(7-16)5-4-6-13-11-10(2)12(17-3)15-8-14-11/h8-9,16H,4-7H2,1-3H3,(H,13,14,15). The number of aromatic nitrogens is 2. The average molecular weight is 239 g/mol. The van der Waals surface area contributed by atoms with E-state index in [2.05, 4.69) is 15.3 Å². The molecule has 0 bridgehead atoms. The first kappa shape index (κ1) is 13.7. The normalized spacial score (nSPS) is 12.2. The Labute approximate surface area is 102 Å². The molecule has 0 spiro atoms. The number of methoxy groups -OCH3 is 1. The van der Waals surface area contributed by atoms with E-state index in [4.69, 9.17) is 9.84 Å². The lowest BCUT2D eigenvalue weighted by atomic mass is 10.1. The number of ether oxygens (including phenoxy) is 1. The lowest BCUT2D eigenvalue weighted by Gasteiger charge is -2.11. The summed E-state index contributed by atoms with van der Waals surface area (Å²) in [7, 11) is 1.60. The number of aliphatic hydroxyl groups is 1. The van der Waals surface area contributed by atoms with Crippen LogP contribution in [0.3, 0.4) is 0 Å². The van der Waals surface area contributed by atoms with Crippen LogP contribution in [0.4, 0.5) is 5.82 Å². The molecule has 1 heterocycles. The van der Waals surface area contributed by atoms with Crippen molar-refractivity contribution in [3.8, 4) is 5.88 Å². The van der Waals surface area contributed by atoms with Crippen LogP contribution in [0.25, 0.3) is 0 Å². The van der Waals surface area contributed by atoms with Crippen LogP contribution >= 0.6 is 0 Å². The van der Waals surface area contributed by atoms with Gasteiger partial charge in [0.1, 0.15) is 12.1 Å². The highest BCUT2D eigenvalue weighted by molar-refractivity contribution is 5.47. The van der Waals surface area contributed by atoms with Gasteiger partial charge in [0.25, 0.3) is 0 Å². The number of nitrogens with zero attached hydrogens (tertiary/aromatic N) is 2. The molecule has 0 saturated carbocycles. The van der Waals surface area contributed by atoms with Crippen molar-refractivity contribution in [2.75, 3.05) is 25.6 Å². The maximum Gasteiger partial charge on any atom is 0.221 e. The second-order valence-corrected chi connectivity index (χ2v) is 4.21. The van der Waals surface area contributed by atoms with Gasteiger partial charge in [0.15, 0.2) is 0 Å². The zero-order valence-corrected chi connectivity index (χ0v) is 10.7. The van der Waals surface area contributed by atoms with Crippen LogP contribution in [-0.2, 0) is 0 Å². The predicted molar refractivity (Wildman–Crippen MR) is 67.3 cm³/mol. The number of hydrogen-bond donors (Lipinski definition) is 2. The van der Waals surface area contributed by atoms with E-state index in [1.54, 1.807) is 7.11 Å². The summed E-state index contributed by atoms with van der Waals surface area (Å²) < 4.78 is 5.12. The first-order chi connectivity index (χ1) is 8.19. The second-order valence-electron chi connectivity index (χ2n) is 4.21. The molecule has 1 aromatic heterocycles. The van der Waals surface area contributed by atoms with E-state index < -0.39 is 0 Å². The number of anilines is 1. The molecule has 5 nitrogen and oxygen atoms in total. The molecule has 1 atom stereocenters. The molecule has 5 heteroatoms. The molecule has 0 aliphatic rings. The second kappa shape index (κ2) is 7.06. The van der Waals surface area contributed by atoms with E-state index in [0.29, 0.717) is 11.8 Å². The highest BCUT2D eigenvalue weighted by atomic mass is 16.5. The predicted octanol–water partition coefficient (Wildman–Crippen LogP) is 1.61. The third-order valence-corrected chi connectivity index (χ3v) is 2.71. The molecular weight excluding hydrogens is 218 g/mol. The Morgan fingerprint density at radius 1 is 1.47 bits per heavy atom. The minimum absolute atomic E-state index is 0.250. The summed E-state index contributed by atoms with van der Waals surface area (Å²) in [5.41, 5.74) is 0.921. The van der Waals surface area contributed by atoms with Crippen LogP contribution < -0.4 is 10.1 Å². The maximum absolute atomic E-state index is 8.91. The highest BCUT2D eigenvalue weighted by Gasteiger charge is 2.06. The van der Waals surface area contributed by atoms with Gasteiger partial charge in [0.05, 0.1) is 12.7 Å². The lowest BCUT2D eigenvalue weighted by molar-refractivity contribution is 0.229. The van der Waals surface area contributed by atoms with Crippen LogP contribution in [0.2, 0.25) is 0 Å². The van der Waals surface area contributed by atoms with Crippen molar-refractivity contribution in [2.45, 2.75) is 26.7 Å². The van der Waals surface area contributed by atoms with Crippen molar-refractivity contribution >= 4 is 5.82 Å². The smallest absolute Gasteiger partial charge is 0.221 e. The molecule has 0 radical (unpaired) electrons. The Kier molecular flexibility index (Phi) is 5.69. The van der Waals surface area contributed by atoms with E-state index >= 15 is 0 Å². The highest BCUT2D eigenvalue weighted by Crippen LogP contribution is 2.19. The molecule has 1 aromatic rings. The Balaban J connectivity index is 2.41. The van der Waals surface area contributed by atoms with Gasteiger partial charge in [-0.1, -0.05) is 6.92 Å². The first-order valence-corrected chi connectivity index (χ1v) is 5.89. The van der Waals surface area contributed by atoms with E-state index in [9.17, 15) is 0 Å². The number of rotatable bonds is 7. The monoisotopic (exact) mass is 239 g/mol. The van der Waals surface area contributed by atoms with Gasteiger partial charge in [0.2, 0.25) is 5.88 Å². The van der Waals surface area contributed by atoms with Gasteiger partial charge in [-0.25, -0.2) is 9.97 Å². The van der Waals surface area contributed by atoms with Crippen LogP contribution in [-0.4, -0.2) is 35.3 Å². The average Bonchev–Trinajstić information content (AvgIpc) is 2.36. The summed E-state index contributed by atoms with van der Waals surface area (Å²) in [4.78, 5) is 8.19.